The maximum absolute atomic E-state index is 5.69. The van der Waals surface area contributed by atoms with Crippen LogP contribution in [0.3, 0.4) is 0 Å². The van der Waals surface area contributed by atoms with Gasteiger partial charge in [-0.05, 0) is 25.5 Å². The van der Waals surface area contributed by atoms with Gasteiger partial charge in [0.2, 0.25) is 0 Å². The van der Waals surface area contributed by atoms with Gasteiger partial charge in [0, 0.05) is 18.9 Å². The summed E-state index contributed by atoms with van der Waals surface area (Å²) in [6, 6.07) is 0. The molecule has 1 atom stereocenters. The largest absolute Gasteiger partial charge is 0.373 e. The normalized spacial score (nSPS) is 32.2. The van der Waals surface area contributed by atoms with Crippen molar-refractivity contribution in [2.45, 2.75) is 25.4 Å². The van der Waals surface area contributed by atoms with Gasteiger partial charge in [0.1, 0.15) is 0 Å². The second-order valence-corrected chi connectivity index (χ2v) is 4.08. The summed E-state index contributed by atoms with van der Waals surface area (Å²) >= 11 is 1.96. The van der Waals surface area contributed by atoms with E-state index in [1.165, 1.54) is 12.2 Å². The predicted molar refractivity (Wildman–Crippen MR) is 50.0 cm³/mol. The van der Waals surface area contributed by atoms with Gasteiger partial charge >= 0.3 is 0 Å². The molecule has 11 heavy (non-hydrogen) atoms. The van der Waals surface area contributed by atoms with Crippen LogP contribution < -0.4 is 5.73 Å². The molecule has 1 fully saturated rings. The van der Waals surface area contributed by atoms with Crippen molar-refractivity contribution >= 4 is 11.8 Å². The van der Waals surface area contributed by atoms with Crippen LogP contribution in [0.4, 0.5) is 0 Å². The molecule has 1 saturated heterocycles. The first kappa shape index (κ1) is 9.36. The monoisotopic (exact) mass is 175 g/mol. The summed E-state index contributed by atoms with van der Waals surface area (Å²) in [5, 5.41) is 0. The lowest BCUT2D eigenvalue weighted by molar-refractivity contribution is -0.0220. The Morgan fingerprint density at radius 2 is 2.45 bits per heavy atom. The SMILES string of the molecule is CCOC1(CN)CCCSC1. The van der Waals surface area contributed by atoms with Gasteiger partial charge in [-0.15, -0.1) is 0 Å². The van der Waals surface area contributed by atoms with Gasteiger partial charge < -0.3 is 10.5 Å². The van der Waals surface area contributed by atoms with E-state index in [4.69, 9.17) is 10.5 Å². The molecule has 0 aliphatic carbocycles. The Hall–Kier alpha value is 0.270. The zero-order valence-corrected chi connectivity index (χ0v) is 7.95. The molecule has 0 saturated carbocycles. The molecule has 0 amide bonds. The van der Waals surface area contributed by atoms with E-state index in [1.54, 1.807) is 0 Å². The van der Waals surface area contributed by atoms with Crippen molar-refractivity contribution in [1.82, 2.24) is 0 Å². The van der Waals surface area contributed by atoms with Gasteiger partial charge in [-0.2, -0.15) is 11.8 Å². The summed E-state index contributed by atoms with van der Waals surface area (Å²) in [5.41, 5.74) is 5.70. The number of hydrogen-bond acceptors (Lipinski definition) is 3. The van der Waals surface area contributed by atoms with Crippen molar-refractivity contribution < 1.29 is 4.74 Å². The fourth-order valence-corrected chi connectivity index (χ4v) is 2.68. The Bertz CT molecular complexity index is 107. The minimum absolute atomic E-state index is 0.0116. The molecule has 0 bridgehead atoms. The molecule has 66 valence electrons. The highest BCUT2D eigenvalue weighted by Gasteiger charge is 2.31. The van der Waals surface area contributed by atoms with Crippen LogP contribution in [-0.4, -0.2) is 30.3 Å². The quantitative estimate of drug-likeness (QED) is 0.701. The van der Waals surface area contributed by atoms with Crippen LogP contribution >= 0.6 is 11.8 Å². The first-order valence-electron chi connectivity index (χ1n) is 4.25. The van der Waals surface area contributed by atoms with Crippen LogP contribution in [0, 0.1) is 0 Å². The van der Waals surface area contributed by atoms with Crippen LogP contribution in [0.5, 0.6) is 0 Å². The fraction of sp³-hybridized carbons (Fsp3) is 1.00. The third kappa shape index (κ3) is 2.36. The molecule has 1 rings (SSSR count). The van der Waals surface area contributed by atoms with Gasteiger partial charge in [0.15, 0.2) is 0 Å². The standard InChI is InChI=1S/C8H17NOS/c1-2-10-8(6-9)4-3-5-11-7-8/h2-7,9H2,1H3. The highest BCUT2D eigenvalue weighted by atomic mass is 32.2. The molecule has 1 aliphatic rings. The number of hydrogen-bond donors (Lipinski definition) is 1. The maximum Gasteiger partial charge on any atom is 0.0894 e. The number of thioether (sulfide) groups is 1. The van der Waals surface area contributed by atoms with Gasteiger partial charge in [-0.3, -0.25) is 0 Å². The van der Waals surface area contributed by atoms with E-state index in [9.17, 15) is 0 Å². The molecule has 1 heterocycles. The van der Waals surface area contributed by atoms with E-state index in [0.29, 0.717) is 6.54 Å². The molecule has 1 aliphatic heterocycles. The third-order valence-electron chi connectivity index (χ3n) is 2.11. The summed E-state index contributed by atoms with van der Waals surface area (Å²) < 4.78 is 5.67. The number of nitrogens with two attached hydrogens (primary N) is 1. The molecule has 0 radical (unpaired) electrons. The van der Waals surface area contributed by atoms with Gasteiger partial charge in [-0.25, -0.2) is 0 Å². The van der Waals surface area contributed by atoms with Crippen molar-refractivity contribution in [3.63, 3.8) is 0 Å². The predicted octanol–water partition coefficient (Wildman–Crippen LogP) is 1.25. The van der Waals surface area contributed by atoms with Crippen molar-refractivity contribution in [2.24, 2.45) is 5.73 Å². The zero-order valence-electron chi connectivity index (χ0n) is 7.14. The van der Waals surface area contributed by atoms with E-state index in [2.05, 4.69) is 0 Å². The minimum Gasteiger partial charge on any atom is -0.373 e. The van der Waals surface area contributed by atoms with Crippen molar-refractivity contribution in [1.29, 1.82) is 0 Å². The van der Waals surface area contributed by atoms with E-state index >= 15 is 0 Å². The second-order valence-electron chi connectivity index (χ2n) is 2.98. The molecule has 0 aromatic carbocycles. The van der Waals surface area contributed by atoms with E-state index in [0.717, 1.165) is 18.8 Å². The van der Waals surface area contributed by atoms with Gasteiger partial charge in [0.05, 0.1) is 5.60 Å². The summed E-state index contributed by atoms with van der Waals surface area (Å²) in [7, 11) is 0. The van der Waals surface area contributed by atoms with Crippen LogP contribution in [-0.2, 0) is 4.74 Å². The lowest BCUT2D eigenvalue weighted by Crippen LogP contribution is -2.45. The first-order chi connectivity index (χ1) is 5.33. The highest BCUT2D eigenvalue weighted by Crippen LogP contribution is 2.28. The average molecular weight is 175 g/mol. The molecule has 1 unspecified atom stereocenters. The smallest absolute Gasteiger partial charge is 0.0894 e. The first-order valence-corrected chi connectivity index (χ1v) is 5.40. The van der Waals surface area contributed by atoms with E-state index in [1.807, 2.05) is 18.7 Å². The Morgan fingerprint density at radius 3 is 2.91 bits per heavy atom. The number of rotatable bonds is 3. The summed E-state index contributed by atoms with van der Waals surface area (Å²) in [6.07, 6.45) is 2.40. The lowest BCUT2D eigenvalue weighted by Gasteiger charge is -2.35. The average Bonchev–Trinajstić information content (AvgIpc) is 2.07. The molecule has 0 spiro atoms. The van der Waals surface area contributed by atoms with Crippen LogP contribution in [0.25, 0.3) is 0 Å². The second kappa shape index (κ2) is 4.33. The van der Waals surface area contributed by atoms with E-state index < -0.39 is 0 Å². The summed E-state index contributed by atoms with van der Waals surface area (Å²) in [4.78, 5) is 0. The Morgan fingerprint density at radius 1 is 1.64 bits per heavy atom. The Kier molecular flexibility index (Phi) is 3.69. The molecule has 2 nitrogen and oxygen atoms in total. The van der Waals surface area contributed by atoms with Gasteiger partial charge in [0.25, 0.3) is 0 Å². The fourth-order valence-electron chi connectivity index (χ4n) is 1.47. The molecule has 3 heteroatoms. The molecule has 0 aromatic heterocycles. The Balaban J connectivity index is 2.42. The third-order valence-corrected chi connectivity index (χ3v) is 3.42. The highest BCUT2D eigenvalue weighted by molar-refractivity contribution is 7.99. The zero-order chi connectivity index (χ0) is 8.16. The van der Waals surface area contributed by atoms with Crippen molar-refractivity contribution in [3.05, 3.63) is 0 Å². The molecule has 0 aromatic rings. The van der Waals surface area contributed by atoms with Crippen LogP contribution in [0.2, 0.25) is 0 Å². The molecule has 2 N–H and O–H groups in total. The van der Waals surface area contributed by atoms with Crippen LogP contribution in [0.1, 0.15) is 19.8 Å². The lowest BCUT2D eigenvalue weighted by atomic mass is 10.00. The topological polar surface area (TPSA) is 35.2 Å². The minimum atomic E-state index is 0.0116. The summed E-state index contributed by atoms with van der Waals surface area (Å²) in [6.45, 7) is 3.50. The Labute approximate surface area is 72.9 Å². The summed E-state index contributed by atoms with van der Waals surface area (Å²) in [5.74, 6) is 2.35. The molecular formula is C8H17NOS. The van der Waals surface area contributed by atoms with Crippen LogP contribution in [0.15, 0.2) is 0 Å². The van der Waals surface area contributed by atoms with E-state index in [-0.39, 0.29) is 5.60 Å². The number of ether oxygens (including phenoxy) is 1. The van der Waals surface area contributed by atoms with Crippen molar-refractivity contribution in [2.75, 3.05) is 24.7 Å². The molecular weight excluding hydrogens is 158 g/mol. The van der Waals surface area contributed by atoms with Gasteiger partial charge in [-0.1, -0.05) is 0 Å². The van der Waals surface area contributed by atoms with Crippen molar-refractivity contribution in [3.8, 4) is 0 Å². The maximum atomic E-state index is 5.69.